The summed E-state index contributed by atoms with van der Waals surface area (Å²) in [5, 5.41) is 12.7. The largest absolute Gasteiger partial charge is 0.338 e. The fraction of sp³-hybridized carbons (Fsp3) is 0.211. The van der Waals surface area contributed by atoms with Crippen molar-refractivity contribution in [3.05, 3.63) is 65.2 Å². The molecule has 1 heterocycles. The number of anilines is 2. The smallest absolute Gasteiger partial charge is 0.233 e. The van der Waals surface area contributed by atoms with E-state index >= 15 is 0 Å². The van der Waals surface area contributed by atoms with Crippen molar-refractivity contribution in [2.24, 2.45) is 0 Å². The van der Waals surface area contributed by atoms with Crippen molar-refractivity contribution in [1.29, 1.82) is 0 Å². The van der Waals surface area contributed by atoms with Crippen LogP contribution in [0.4, 0.5) is 10.8 Å². The van der Waals surface area contributed by atoms with Crippen LogP contribution in [0.2, 0.25) is 5.02 Å². The lowest BCUT2D eigenvalue weighted by atomic mass is 10.1. The van der Waals surface area contributed by atoms with E-state index in [2.05, 4.69) is 15.5 Å². The Morgan fingerprint density at radius 3 is 2.74 bits per heavy atom. The van der Waals surface area contributed by atoms with Gasteiger partial charge < -0.3 is 10.2 Å². The molecule has 0 radical (unpaired) electrons. The Balaban J connectivity index is 1.54. The van der Waals surface area contributed by atoms with Gasteiger partial charge in [-0.05, 0) is 30.7 Å². The lowest BCUT2D eigenvalue weighted by Crippen LogP contribution is -2.31. The van der Waals surface area contributed by atoms with E-state index in [1.165, 1.54) is 23.1 Å². The van der Waals surface area contributed by atoms with Crippen molar-refractivity contribution in [1.82, 2.24) is 15.1 Å². The summed E-state index contributed by atoms with van der Waals surface area (Å²) in [6.07, 6.45) is 0. The van der Waals surface area contributed by atoms with Crippen molar-refractivity contribution >= 4 is 51.4 Å². The Labute approximate surface area is 171 Å². The van der Waals surface area contributed by atoms with Crippen molar-refractivity contribution in [3.8, 4) is 0 Å². The molecular formula is C19H19ClN4OS2. The Morgan fingerprint density at radius 2 is 2.00 bits per heavy atom. The van der Waals surface area contributed by atoms with E-state index in [0.29, 0.717) is 15.9 Å². The van der Waals surface area contributed by atoms with Gasteiger partial charge in [0.25, 0.3) is 0 Å². The van der Waals surface area contributed by atoms with Crippen molar-refractivity contribution in [2.45, 2.75) is 17.3 Å². The number of carbonyl (C=O) groups is 1. The summed E-state index contributed by atoms with van der Waals surface area (Å²) in [5.41, 5.74) is 1.96. The third-order valence-electron chi connectivity index (χ3n) is 4.06. The van der Waals surface area contributed by atoms with Gasteiger partial charge in [0.15, 0.2) is 4.34 Å². The van der Waals surface area contributed by atoms with Gasteiger partial charge in [-0.1, -0.05) is 71.1 Å². The molecule has 0 saturated carbocycles. The second-order valence-corrected chi connectivity index (χ2v) is 8.52. The number of nitrogens with one attached hydrogen (secondary N) is 1. The highest BCUT2D eigenvalue weighted by atomic mass is 35.5. The number of amides is 1. The molecule has 2 aromatic carbocycles. The number of nitrogens with zero attached hydrogens (tertiary/aromatic N) is 3. The lowest BCUT2D eigenvalue weighted by molar-refractivity contribution is -0.128. The predicted molar refractivity (Wildman–Crippen MR) is 113 cm³/mol. The quantitative estimate of drug-likeness (QED) is 0.531. The summed E-state index contributed by atoms with van der Waals surface area (Å²) >= 11 is 8.78. The van der Waals surface area contributed by atoms with Crippen molar-refractivity contribution < 1.29 is 4.79 Å². The van der Waals surface area contributed by atoms with E-state index in [9.17, 15) is 4.79 Å². The maximum atomic E-state index is 12.5. The molecule has 1 amide bonds. The van der Waals surface area contributed by atoms with Crippen LogP contribution in [0.15, 0.2) is 58.9 Å². The molecule has 0 fully saturated rings. The molecular weight excluding hydrogens is 400 g/mol. The molecule has 3 rings (SSSR count). The van der Waals surface area contributed by atoms with Crippen LogP contribution in [0.25, 0.3) is 0 Å². The maximum Gasteiger partial charge on any atom is 0.233 e. The Bertz CT molecular complexity index is 903. The fourth-order valence-corrected chi connectivity index (χ4v) is 4.29. The molecule has 1 N–H and O–H groups in total. The van der Waals surface area contributed by atoms with E-state index in [0.717, 1.165) is 15.6 Å². The number of thioether (sulfide) groups is 1. The van der Waals surface area contributed by atoms with E-state index in [1.54, 1.807) is 4.90 Å². The predicted octanol–water partition coefficient (Wildman–Crippen LogP) is 5.25. The second kappa shape index (κ2) is 9.21. The molecule has 140 valence electrons. The van der Waals surface area contributed by atoms with Gasteiger partial charge in [-0.25, -0.2) is 0 Å². The number of carbonyl (C=O) groups excluding carboxylic acids is 1. The number of hydrogen-bond acceptors (Lipinski definition) is 6. The molecule has 1 atom stereocenters. The molecule has 0 saturated heterocycles. The Hall–Kier alpha value is -2.09. The minimum absolute atomic E-state index is 0.0220. The zero-order chi connectivity index (χ0) is 19.2. The third kappa shape index (κ3) is 5.45. The highest BCUT2D eigenvalue weighted by molar-refractivity contribution is 8.01. The van der Waals surface area contributed by atoms with Crippen LogP contribution in [0, 0.1) is 0 Å². The summed E-state index contributed by atoms with van der Waals surface area (Å²) in [4.78, 5) is 14.3. The Morgan fingerprint density at radius 1 is 1.22 bits per heavy atom. The highest BCUT2D eigenvalue weighted by Gasteiger charge is 2.18. The van der Waals surface area contributed by atoms with E-state index in [4.69, 9.17) is 11.6 Å². The monoisotopic (exact) mass is 418 g/mol. The zero-order valence-corrected chi connectivity index (χ0v) is 17.3. The topological polar surface area (TPSA) is 58.1 Å². The van der Waals surface area contributed by atoms with Crippen LogP contribution in [0.3, 0.4) is 0 Å². The van der Waals surface area contributed by atoms with Gasteiger partial charge in [0.2, 0.25) is 11.0 Å². The van der Waals surface area contributed by atoms with E-state index < -0.39 is 0 Å². The van der Waals surface area contributed by atoms with Gasteiger partial charge >= 0.3 is 0 Å². The van der Waals surface area contributed by atoms with Crippen LogP contribution in [0.5, 0.6) is 0 Å². The van der Waals surface area contributed by atoms with Crippen LogP contribution in [-0.2, 0) is 4.79 Å². The first-order valence-electron chi connectivity index (χ1n) is 8.32. The van der Waals surface area contributed by atoms with Crippen molar-refractivity contribution in [2.75, 3.05) is 18.1 Å². The van der Waals surface area contributed by atoms with Gasteiger partial charge in [-0.3, -0.25) is 4.79 Å². The molecule has 0 spiro atoms. The lowest BCUT2D eigenvalue weighted by Gasteiger charge is -2.25. The summed E-state index contributed by atoms with van der Waals surface area (Å²) in [6, 6.07) is 17.4. The number of aromatic nitrogens is 2. The van der Waals surface area contributed by atoms with Gasteiger partial charge in [0.1, 0.15) is 0 Å². The molecule has 1 aromatic heterocycles. The molecule has 0 aliphatic carbocycles. The summed E-state index contributed by atoms with van der Waals surface area (Å²) in [6.45, 7) is 2.02. The first kappa shape index (κ1) is 19.7. The average Bonchev–Trinajstić information content (AvgIpc) is 3.13. The summed E-state index contributed by atoms with van der Waals surface area (Å²) in [5.74, 6) is 0.371. The van der Waals surface area contributed by atoms with Crippen LogP contribution in [0.1, 0.15) is 18.5 Å². The molecule has 0 aliphatic rings. The molecule has 0 unspecified atom stereocenters. The van der Waals surface area contributed by atoms with Gasteiger partial charge in [-0.2, -0.15) is 0 Å². The molecule has 8 heteroatoms. The third-order valence-corrected chi connectivity index (χ3v) is 6.25. The molecule has 0 bridgehead atoms. The van der Waals surface area contributed by atoms with Crippen molar-refractivity contribution in [3.63, 3.8) is 0 Å². The standard InChI is InChI=1S/C19H19ClN4OS2/c1-13(14-7-4-3-5-8-14)24(2)17(25)12-26-19-23-22-18(27-19)21-16-10-6-9-15(20)11-16/h3-11,13H,12H2,1-2H3,(H,21,22)/t13-/m1/s1. The van der Waals surface area contributed by atoms with E-state index in [1.807, 2.05) is 68.6 Å². The number of rotatable bonds is 7. The molecule has 3 aromatic rings. The van der Waals surface area contributed by atoms with Crippen LogP contribution in [-0.4, -0.2) is 33.8 Å². The number of benzene rings is 2. The first-order valence-corrected chi connectivity index (χ1v) is 10.5. The maximum absolute atomic E-state index is 12.5. The minimum atomic E-state index is 0.0220. The SMILES string of the molecule is C[C@H](c1ccccc1)N(C)C(=O)CSc1nnc(Nc2cccc(Cl)c2)s1. The van der Waals surface area contributed by atoms with Crippen LogP contribution >= 0.6 is 34.7 Å². The Kier molecular flexibility index (Phi) is 6.71. The number of hydrogen-bond donors (Lipinski definition) is 1. The normalized spacial score (nSPS) is 11.8. The minimum Gasteiger partial charge on any atom is -0.338 e. The van der Waals surface area contributed by atoms with E-state index in [-0.39, 0.29) is 11.9 Å². The molecule has 27 heavy (non-hydrogen) atoms. The second-order valence-electron chi connectivity index (χ2n) is 5.89. The summed E-state index contributed by atoms with van der Waals surface area (Å²) < 4.78 is 0.744. The average molecular weight is 419 g/mol. The first-order chi connectivity index (χ1) is 13.0. The number of halogens is 1. The van der Waals surface area contributed by atoms with Gasteiger partial charge in [0, 0.05) is 17.8 Å². The van der Waals surface area contributed by atoms with Gasteiger partial charge in [-0.15, -0.1) is 10.2 Å². The molecule has 0 aliphatic heterocycles. The fourth-order valence-electron chi connectivity index (χ4n) is 2.40. The summed E-state index contributed by atoms with van der Waals surface area (Å²) in [7, 11) is 1.83. The highest BCUT2D eigenvalue weighted by Crippen LogP contribution is 2.29. The zero-order valence-electron chi connectivity index (χ0n) is 14.9. The van der Waals surface area contributed by atoms with Crippen LogP contribution < -0.4 is 5.32 Å². The molecule has 5 nitrogen and oxygen atoms in total. The van der Waals surface area contributed by atoms with Gasteiger partial charge in [0.05, 0.1) is 11.8 Å².